The largest absolute Gasteiger partial charge is 0.366 e. The zero-order valence-electron chi connectivity index (χ0n) is 6.90. The molecule has 0 spiro atoms. The third kappa shape index (κ3) is 3.67. The first kappa shape index (κ1) is 9.69. The molecule has 0 unspecified atom stereocenters. The van der Waals surface area contributed by atoms with Gasteiger partial charge in [-0.05, 0) is 25.1 Å². The molecule has 0 aliphatic rings. The van der Waals surface area contributed by atoms with Gasteiger partial charge in [0.25, 0.3) is 0 Å². The van der Waals surface area contributed by atoms with Crippen LogP contribution in [0.4, 0.5) is 0 Å². The van der Waals surface area contributed by atoms with Crippen LogP contribution >= 0.6 is 12.2 Å². The van der Waals surface area contributed by atoms with Crippen LogP contribution in [0.1, 0.15) is 26.7 Å². The van der Waals surface area contributed by atoms with E-state index in [2.05, 4.69) is 24.5 Å². The maximum Gasteiger partial charge on any atom is 0.166 e. The normalized spacial score (nSPS) is 9.60. The molecule has 60 valence electrons. The summed E-state index contributed by atoms with van der Waals surface area (Å²) >= 11 is 4.94. The molecule has 0 amide bonds. The highest BCUT2D eigenvalue weighted by Gasteiger charge is 2.01. The van der Waals surface area contributed by atoms with Crippen LogP contribution < -0.4 is 10.6 Å². The molecule has 0 aromatic rings. The third-order valence-corrected chi connectivity index (χ3v) is 1.87. The van der Waals surface area contributed by atoms with E-state index in [1.165, 1.54) is 0 Å². The van der Waals surface area contributed by atoms with Gasteiger partial charge in [-0.1, -0.05) is 13.8 Å². The van der Waals surface area contributed by atoms with E-state index >= 15 is 0 Å². The molecule has 0 radical (unpaired) electrons. The Morgan fingerprint density at radius 1 is 1.40 bits per heavy atom. The molecule has 2 nitrogen and oxygen atoms in total. The van der Waals surface area contributed by atoms with Crippen LogP contribution in [0.15, 0.2) is 0 Å². The molecule has 3 heteroatoms. The maximum absolute atomic E-state index is 4.94. The van der Waals surface area contributed by atoms with Gasteiger partial charge < -0.3 is 10.6 Å². The smallest absolute Gasteiger partial charge is 0.166 e. The van der Waals surface area contributed by atoms with E-state index in [0.29, 0.717) is 6.04 Å². The first-order valence-electron chi connectivity index (χ1n) is 3.72. The van der Waals surface area contributed by atoms with Crippen LogP contribution in [0.2, 0.25) is 0 Å². The number of rotatable bonds is 3. The number of hydrogen-bond acceptors (Lipinski definition) is 1. The Kier molecular flexibility index (Phi) is 5.30. The maximum atomic E-state index is 4.94. The fourth-order valence-corrected chi connectivity index (χ4v) is 0.917. The molecule has 0 heterocycles. The van der Waals surface area contributed by atoms with E-state index < -0.39 is 0 Å². The molecule has 0 aromatic heterocycles. The van der Waals surface area contributed by atoms with Gasteiger partial charge in [-0.15, -0.1) is 0 Å². The minimum Gasteiger partial charge on any atom is -0.366 e. The van der Waals surface area contributed by atoms with Crippen LogP contribution in [0, 0.1) is 0 Å². The molecular weight excluding hydrogens is 144 g/mol. The zero-order valence-corrected chi connectivity index (χ0v) is 7.72. The van der Waals surface area contributed by atoms with Crippen LogP contribution in [0.25, 0.3) is 0 Å². The highest BCUT2D eigenvalue weighted by Crippen LogP contribution is 1.94. The quantitative estimate of drug-likeness (QED) is 0.608. The summed E-state index contributed by atoms with van der Waals surface area (Å²) in [5.74, 6) is 0. The molecule has 2 N–H and O–H groups in total. The van der Waals surface area contributed by atoms with Gasteiger partial charge in [-0.3, -0.25) is 0 Å². The number of nitrogens with one attached hydrogen (secondary N) is 2. The van der Waals surface area contributed by atoms with Crippen molar-refractivity contribution >= 4 is 17.3 Å². The first-order valence-corrected chi connectivity index (χ1v) is 4.13. The molecule has 0 aliphatic carbocycles. The van der Waals surface area contributed by atoms with Crippen molar-refractivity contribution in [2.45, 2.75) is 32.7 Å². The Morgan fingerprint density at radius 2 is 1.90 bits per heavy atom. The zero-order chi connectivity index (χ0) is 7.98. The van der Waals surface area contributed by atoms with Gasteiger partial charge in [-0.2, -0.15) is 0 Å². The molecular formula is C7H16N2S. The molecule has 0 bridgehead atoms. The lowest BCUT2D eigenvalue weighted by Gasteiger charge is -2.15. The molecule has 0 saturated heterocycles. The molecule has 0 atom stereocenters. The van der Waals surface area contributed by atoms with Gasteiger partial charge >= 0.3 is 0 Å². The van der Waals surface area contributed by atoms with Crippen molar-refractivity contribution in [1.29, 1.82) is 0 Å². The summed E-state index contributed by atoms with van der Waals surface area (Å²) < 4.78 is 0. The lowest BCUT2D eigenvalue weighted by Crippen LogP contribution is -2.39. The molecule has 0 fully saturated rings. The predicted molar refractivity (Wildman–Crippen MR) is 49.2 cm³/mol. The van der Waals surface area contributed by atoms with E-state index in [4.69, 9.17) is 12.2 Å². The Labute approximate surface area is 68.4 Å². The van der Waals surface area contributed by atoms with Crippen LogP contribution in [0.3, 0.4) is 0 Å². The monoisotopic (exact) mass is 160 g/mol. The van der Waals surface area contributed by atoms with Crippen molar-refractivity contribution in [3.63, 3.8) is 0 Å². The van der Waals surface area contributed by atoms with Crippen molar-refractivity contribution < 1.29 is 0 Å². The Balaban J connectivity index is 3.52. The summed E-state index contributed by atoms with van der Waals surface area (Å²) in [6.07, 6.45) is 2.25. The highest BCUT2D eigenvalue weighted by atomic mass is 32.1. The van der Waals surface area contributed by atoms with Gasteiger partial charge in [-0.25, -0.2) is 0 Å². The van der Waals surface area contributed by atoms with Gasteiger partial charge in [0, 0.05) is 13.1 Å². The lowest BCUT2D eigenvalue weighted by molar-refractivity contribution is 0.567. The van der Waals surface area contributed by atoms with E-state index in [1.54, 1.807) is 0 Å². The molecule has 0 saturated carbocycles. The highest BCUT2D eigenvalue weighted by molar-refractivity contribution is 7.80. The minimum atomic E-state index is 0.528. The molecule has 10 heavy (non-hydrogen) atoms. The lowest BCUT2D eigenvalue weighted by atomic mass is 10.2. The topological polar surface area (TPSA) is 24.1 Å². The van der Waals surface area contributed by atoms with E-state index in [0.717, 1.165) is 18.0 Å². The summed E-state index contributed by atoms with van der Waals surface area (Å²) in [4.78, 5) is 0. The van der Waals surface area contributed by atoms with Crippen molar-refractivity contribution in [3.8, 4) is 0 Å². The minimum absolute atomic E-state index is 0.528. The van der Waals surface area contributed by atoms with Crippen molar-refractivity contribution in [2.24, 2.45) is 0 Å². The number of thiocarbonyl (C=S) groups is 1. The Hall–Kier alpha value is -0.310. The second-order valence-corrected chi connectivity index (χ2v) is 2.65. The standard InChI is InChI=1S/C7H16N2S/c1-4-6(5-2)9-7(10)8-3/h6H,4-5H2,1-3H3,(H2,8,9,10). The van der Waals surface area contributed by atoms with E-state index in [9.17, 15) is 0 Å². The molecule has 0 aromatic carbocycles. The fourth-order valence-electron chi connectivity index (χ4n) is 0.750. The third-order valence-electron chi connectivity index (χ3n) is 1.55. The van der Waals surface area contributed by atoms with Gasteiger partial charge in [0.15, 0.2) is 5.11 Å². The summed E-state index contributed by atoms with van der Waals surface area (Å²) in [5, 5.41) is 6.81. The number of hydrogen-bond donors (Lipinski definition) is 2. The van der Waals surface area contributed by atoms with E-state index in [1.807, 2.05) is 7.05 Å². The Bertz CT molecular complexity index is 99.8. The van der Waals surface area contributed by atoms with Crippen molar-refractivity contribution in [1.82, 2.24) is 10.6 Å². The summed E-state index contributed by atoms with van der Waals surface area (Å²) in [6.45, 7) is 4.30. The van der Waals surface area contributed by atoms with Crippen LogP contribution in [-0.2, 0) is 0 Å². The first-order chi connectivity index (χ1) is 4.74. The summed E-state index contributed by atoms with van der Waals surface area (Å²) in [6, 6.07) is 0.528. The van der Waals surface area contributed by atoms with Gasteiger partial charge in [0.2, 0.25) is 0 Å². The van der Waals surface area contributed by atoms with Gasteiger partial charge in [0.05, 0.1) is 0 Å². The second kappa shape index (κ2) is 5.47. The summed E-state index contributed by atoms with van der Waals surface area (Å²) in [5.41, 5.74) is 0. The van der Waals surface area contributed by atoms with Crippen molar-refractivity contribution in [3.05, 3.63) is 0 Å². The van der Waals surface area contributed by atoms with Crippen molar-refractivity contribution in [2.75, 3.05) is 7.05 Å². The predicted octanol–water partition coefficient (Wildman–Crippen LogP) is 1.27. The Morgan fingerprint density at radius 3 is 2.20 bits per heavy atom. The van der Waals surface area contributed by atoms with Crippen LogP contribution in [0.5, 0.6) is 0 Å². The molecule has 0 aliphatic heterocycles. The van der Waals surface area contributed by atoms with E-state index in [-0.39, 0.29) is 0 Å². The van der Waals surface area contributed by atoms with Crippen LogP contribution in [-0.4, -0.2) is 18.2 Å². The average Bonchev–Trinajstić information content (AvgIpc) is 1.99. The SMILES string of the molecule is CCC(CC)NC(=S)NC. The van der Waals surface area contributed by atoms with Gasteiger partial charge in [0.1, 0.15) is 0 Å². The second-order valence-electron chi connectivity index (χ2n) is 2.24. The molecule has 0 rings (SSSR count). The summed E-state index contributed by atoms with van der Waals surface area (Å²) in [7, 11) is 1.83. The fraction of sp³-hybridized carbons (Fsp3) is 0.857. The average molecular weight is 160 g/mol.